The number of aliphatic hydroxyl groups excluding tert-OH is 1. The summed E-state index contributed by atoms with van der Waals surface area (Å²) in [6.45, 7) is 3.51. The number of hydrazone groups is 1. The molecule has 1 aromatic rings. The van der Waals surface area contributed by atoms with Crippen LogP contribution in [0, 0.1) is 5.82 Å². The lowest BCUT2D eigenvalue weighted by atomic mass is 9.98. The van der Waals surface area contributed by atoms with Crippen LogP contribution in [0.5, 0.6) is 0 Å². The van der Waals surface area contributed by atoms with Gasteiger partial charge in [0.1, 0.15) is 18.2 Å². The first-order valence-electron chi connectivity index (χ1n) is 7.53. The second-order valence-corrected chi connectivity index (χ2v) is 6.24. The fraction of sp³-hybridized carbons (Fsp3) is 0.562. The van der Waals surface area contributed by atoms with E-state index < -0.39 is 12.4 Å². The maximum atomic E-state index is 14.4. The van der Waals surface area contributed by atoms with Gasteiger partial charge in [0, 0.05) is 13.5 Å². The maximum Gasteiger partial charge on any atom is 0.141 e. The predicted molar refractivity (Wildman–Crippen MR) is 92.9 cm³/mol. The van der Waals surface area contributed by atoms with Gasteiger partial charge in [0.25, 0.3) is 0 Å². The van der Waals surface area contributed by atoms with E-state index in [1.807, 2.05) is 13.0 Å². The lowest BCUT2D eigenvalue weighted by Gasteiger charge is -2.20. The summed E-state index contributed by atoms with van der Waals surface area (Å²) in [5.74, 6) is -0.379. The van der Waals surface area contributed by atoms with E-state index in [1.165, 1.54) is 11.9 Å². The molecule has 0 aliphatic carbocycles. The number of aliphatic hydroxyl groups is 1. The molecule has 0 heterocycles. The van der Waals surface area contributed by atoms with Crippen molar-refractivity contribution in [3.05, 3.63) is 33.5 Å². The van der Waals surface area contributed by atoms with Crippen LogP contribution >= 0.6 is 15.9 Å². The molecule has 4 nitrogen and oxygen atoms in total. The maximum absolute atomic E-state index is 14.4. The van der Waals surface area contributed by atoms with E-state index in [0.29, 0.717) is 16.5 Å². The van der Waals surface area contributed by atoms with Gasteiger partial charge in [-0.3, -0.25) is 10.3 Å². The number of hydrogen-bond acceptors (Lipinski definition) is 4. The van der Waals surface area contributed by atoms with Crippen molar-refractivity contribution in [3.63, 3.8) is 0 Å². The minimum absolute atomic E-state index is 0.0894. The van der Waals surface area contributed by atoms with E-state index in [4.69, 9.17) is 0 Å². The van der Waals surface area contributed by atoms with Gasteiger partial charge in [0.15, 0.2) is 0 Å². The van der Waals surface area contributed by atoms with Crippen molar-refractivity contribution < 1.29 is 13.9 Å². The number of rotatable bonds is 8. The van der Waals surface area contributed by atoms with E-state index in [1.54, 1.807) is 20.2 Å². The quantitative estimate of drug-likeness (QED) is 0.406. The molecule has 0 saturated heterocycles. The van der Waals surface area contributed by atoms with Gasteiger partial charge in [-0.1, -0.05) is 13.0 Å². The number of likely N-dealkylation sites (N-methyl/N-ethyl adjacent to an activating group) is 2. The van der Waals surface area contributed by atoms with Crippen molar-refractivity contribution in [1.82, 2.24) is 10.3 Å². The Hall–Kier alpha value is -1.05. The molecule has 0 amide bonds. The lowest BCUT2D eigenvalue weighted by molar-refractivity contribution is 0.104. The number of nitrogens with zero attached hydrogens (tertiary/aromatic N) is 2. The molecule has 2 atom stereocenters. The predicted octanol–water partition coefficient (Wildman–Crippen LogP) is 2.88. The highest BCUT2D eigenvalue weighted by molar-refractivity contribution is 9.10. The van der Waals surface area contributed by atoms with E-state index in [9.17, 15) is 13.9 Å². The zero-order valence-electron chi connectivity index (χ0n) is 13.9. The topological polar surface area (TPSA) is 47.9 Å². The standard InChI is InChI=1S/C16H24BrF2N3O/c1-5-11-6-7-13(17)16(19)12(11)8-14(10(2)18)21-22(4)9-15(23)20-3/h6-7,10,15,20,23H,5,8-9H2,1-4H3/b21-14+. The van der Waals surface area contributed by atoms with Gasteiger partial charge >= 0.3 is 0 Å². The summed E-state index contributed by atoms with van der Waals surface area (Å²) in [6.07, 6.45) is -1.34. The van der Waals surface area contributed by atoms with Gasteiger partial charge in [-0.15, -0.1) is 0 Å². The molecular formula is C16H24BrF2N3O. The Morgan fingerprint density at radius 3 is 2.65 bits per heavy atom. The van der Waals surface area contributed by atoms with Gasteiger partial charge in [-0.25, -0.2) is 8.78 Å². The Bertz CT molecular complexity index is 552. The number of hydrogen-bond donors (Lipinski definition) is 2. The largest absolute Gasteiger partial charge is 0.377 e. The smallest absolute Gasteiger partial charge is 0.141 e. The summed E-state index contributed by atoms with van der Waals surface area (Å²) < 4.78 is 28.7. The van der Waals surface area contributed by atoms with Crippen LogP contribution in [-0.4, -0.2) is 48.9 Å². The van der Waals surface area contributed by atoms with Gasteiger partial charge < -0.3 is 5.11 Å². The molecule has 0 bridgehead atoms. The van der Waals surface area contributed by atoms with Crippen LogP contribution < -0.4 is 5.32 Å². The first-order chi connectivity index (χ1) is 10.8. The Morgan fingerprint density at radius 2 is 2.13 bits per heavy atom. The number of alkyl halides is 1. The van der Waals surface area contributed by atoms with E-state index in [-0.39, 0.29) is 24.5 Å². The lowest BCUT2D eigenvalue weighted by Crippen LogP contribution is -2.36. The minimum atomic E-state index is -1.31. The molecule has 23 heavy (non-hydrogen) atoms. The Labute approximate surface area is 144 Å². The van der Waals surface area contributed by atoms with Crippen molar-refractivity contribution in [1.29, 1.82) is 0 Å². The third kappa shape index (κ3) is 5.82. The molecule has 0 saturated carbocycles. The molecule has 0 fully saturated rings. The Balaban J connectivity index is 3.08. The molecule has 0 radical (unpaired) electrons. The second kappa shape index (κ2) is 9.30. The SMILES string of the molecule is CCc1ccc(Br)c(F)c1C/C(=N\N(C)CC(O)NC)C(C)F. The highest BCUT2D eigenvalue weighted by Gasteiger charge is 2.18. The third-order valence-corrected chi connectivity index (χ3v) is 4.17. The third-order valence-electron chi connectivity index (χ3n) is 3.56. The van der Waals surface area contributed by atoms with Crippen LogP contribution in [0.25, 0.3) is 0 Å². The highest BCUT2D eigenvalue weighted by Crippen LogP contribution is 2.24. The molecule has 1 rings (SSSR count). The van der Waals surface area contributed by atoms with Crippen LogP contribution in [0.3, 0.4) is 0 Å². The molecule has 0 aromatic heterocycles. The van der Waals surface area contributed by atoms with Crippen LogP contribution in [0.15, 0.2) is 21.7 Å². The first kappa shape index (κ1) is 20.0. The van der Waals surface area contributed by atoms with Crippen molar-refractivity contribution in [2.24, 2.45) is 5.10 Å². The highest BCUT2D eigenvalue weighted by atomic mass is 79.9. The zero-order valence-corrected chi connectivity index (χ0v) is 15.5. The van der Waals surface area contributed by atoms with Crippen LogP contribution in [0.2, 0.25) is 0 Å². The molecule has 0 spiro atoms. The second-order valence-electron chi connectivity index (χ2n) is 5.38. The summed E-state index contributed by atoms with van der Waals surface area (Å²) in [6, 6.07) is 3.49. The summed E-state index contributed by atoms with van der Waals surface area (Å²) in [5.41, 5.74) is 1.51. The molecule has 0 aliphatic rings. The normalized spacial score (nSPS) is 14.7. The fourth-order valence-corrected chi connectivity index (χ4v) is 2.56. The average Bonchev–Trinajstić information content (AvgIpc) is 2.50. The molecule has 130 valence electrons. The van der Waals surface area contributed by atoms with Crippen LogP contribution in [0.1, 0.15) is 25.0 Å². The number of halogens is 3. The van der Waals surface area contributed by atoms with Gasteiger partial charge in [0.2, 0.25) is 0 Å². The minimum Gasteiger partial charge on any atom is -0.377 e. The van der Waals surface area contributed by atoms with E-state index >= 15 is 0 Å². The number of aryl methyl sites for hydroxylation is 1. The summed E-state index contributed by atoms with van der Waals surface area (Å²) in [5, 5.41) is 17.9. The molecule has 2 unspecified atom stereocenters. The van der Waals surface area contributed by atoms with E-state index in [2.05, 4.69) is 26.3 Å². The monoisotopic (exact) mass is 391 g/mol. The molecule has 2 N–H and O–H groups in total. The summed E-state index contributed by atoms with van der Waals surface area (Å²) >= 11 is 3.17. The summed E-state index contributed by atoms with van der Waals surface area (Å²) in [7, 11) is 3.26. The van der Waals surface area contributed by atoms with Gasteiger partial charge in [-0.05, 0) is 53.5 Å². The van der Waals surface area contributed by atoms with Crippen LogP contribution in [0.4, 0.5) is 8.78 Å². The van der Waals surface area contributed by atoms with Gasteiger partial charge in [0.05, 0.1) is 16.7 Å². The van der Waals surface area contributed by atoms with E-state index in [0.717, 1.165) is 5.56 Å². The fourth-order valence-electron chi connectivity index (χ4n) is 2.19. The Morgan fingerprint density at radius 1 is 1.48 bits per heavy atom. The zero-order chi connectivity index (χ0) is 17.6. The summed E-state index contributed by atoms with van der Waals surface area (Å²) in [4.78, 5) is 0. The number of benzene rings is 1. The van der Waals surface area contributed by atoms with Crippen molar-refractivity contribution >= 4 is 21.6 Å². The molecule has 1 aromatic carbocycles. The Kier molecular flexibility index (Phi) is 8.08. The number of nitrogens with one attached hydrogen (secondary N) is 1. The molecule has 0 aliphatic heterocycles. The molecule has 7 heteroatoms. The van der Waals surface area contributed by atoms with Gasteiger partial charge in [-0.2, -0.15) is 5.10 Å². The van der Waals surface area contributed by atoms with Crippen molar-refractivity contribution in [2.75, 3.05) is 20.6 Å². The first-order valence-corrected chi connectivity index (χ1v) is 8.33. The average molecular weight is 392 g/mol. The molecular weight excluding hydrogens is 368 g/mol. The van der Waals surface area contributed by atoms with Crippen molar-refractivity contribution in [2.45, 2.75) is 39.1 Å². The van der Waals surface area contributed by atoms with Crippen molar-refractivity contribution in [3.8, 4) is 0 Å². The van der Waals surface area contributed by atoms with Crippen LogP contribution in [-0.2, 0) is 12.8 Å².